The molecule has 0 bridgehead atoms. The lowest BCUT2D eigenvalue weighted by Gasteiger charge is -2.24. The zero-order valence-corrected chi connectivity index (χ0v) is 9.34. The van der Waals surface area contributed by atoms with Gasteiger partial charge in [0.1, 0.15) is 5.75 Å². The van der Waals surface area contributed by atoms with Crippen LogP contribution in [0.4, 0.5) is 0 Å². The van der Waals surface area contributed by atoms with Crippen LogP contribution in [0.3, 0.4) is 0 Å². The Bertz CT molecular complexity index is 376. The van der Waals surface area contributed by atoms with Crippen molar-refractivity contribution in [1.29, 1.82) is 0 Å². The Morgan fingerprint density at radius 2 is 2.00 bits per heavy atom. The van der Waals surface area contributed by atoms with Gasteiger partial charge in [-0.3, -0.25) is 4.99 Å². The van der Waals surface area contributed by atoms with Gasteiger partial charge in [0.05, 0.1) is 6.04 Å². The van der Waals surface area contributed by atoms with Gasteiger partial charge in [0.25, 0.3) is 0 Å². The molecule has 0 saturated heterocycles. The molecule has 3 N–H and O–H groups in total. The van der Waals surface area contributed by atoms with Crippen molar-refractivity contribution in [2.24, 2.45) is 10.7 Å². The Morgan fingerprint density at radius 3 is 2.75 bits per heavy atom. The Kier molecular flexibility index (Phi) is 3.57. The molecule has 3 heteroatoms. The molecule has 16 heavy (non-hydrogen) atoms. The third-order valence-corrected chi connectivity index (χ3v) is 3.12. The van der Waals surface area contributed by atoms with E-state index < -0.39 is 0 Å². The molecule has 0 heterocycles. The molecule has 0 radical (unpaired) electrons. The molecule has 1 aromatic rings. The molecule has 1 saturated carbocycles. The lowest BCUT2D eigenvalue weighted by atomic mass is 9.91. The number of phenols is 1. The highest BCUT2D eigenvalue weighted by Crippen LogP contribution is 2.20. The smallest absolute Gasteiger partial charge is 0.124 e. The third kappa shape index (κ3) is 2.61. The van der Waals surface area contributed by atoms with E-state index in [9.17, 15) is 5.11 Å². The highest BCUT2D eigenvalue weighted by atomic mass is 16.3. The van der Waals surface area contributed by atoms with Gasteiger partial charge in [-0.25, -0.2) is 0 Å². The van der Waals surface area contributed by atoms with E-state index in [0.717, 1.165) is 18.4 Å². The summed E-state index contributed by atoms with van der Waals surface area (Å²) in [4.78, 5) is 4.49. The average molecular weight is 218 g/mol. The number of phenolic OH excluding ortho intramolecular Hbond substituents is 1. The topological polar surface area (TPSA) is 58.6 Å². The first-order chi connectivity index (χ1) is 7.77. The van der Waals surface area contributed by atoms with Crippen LogP contribution in [0.1, 0.15) is 31.2 Å². The molecular formula is C13H18N2O. The predicted octanol–water partition coefficient (Wildman–Crippen LogP) is 2.08. The SMILES string of the molecule is NC1CCCCC1/N=C/c1ccccc1O. The lowest BCUT2D eigenvalue weighted by Crippen LogP contribution is -2.36. The number of nitrogens with two attached hydrogens (primary N) is 1. The first-order valence-corrected chi connectivity index (χ1v) is 5.84. The molecule has 1 aliphatic carbocycles. The van der Waals surface area contributed by atoms with E-state index in [1.807, 2.05) is 12.1 Å². The van der Waals surface area contributed by atoms with Crippen molar-refractivity contribution in [3.05, 3.63) is 29.8 Å². The average Bonchev–Trinajstić information content (AvgIpc) is 2.30. The fourth-order valence-electron chi connectivity index (χ4n) is 2.10. The van der Waals surface area contributed by atoms with Gasteiger partial charge < -0.3 is 10.8 Å². The molecule has 2 atom stereocenters. The molecule has 1 aromatic carbocycles. The molecule has 3 nitrogen and oxygen atoms in total. The molecule has 0 spiro atoms. The van der Waals surface area contributed by atoms with Crippen LogP contribution < -0.4 is 5.73 Å². The summed E-state index contributed by atoms with van der Waals surface area (Å²) in [6.45, 7) is 0. The van der Waals surface area contributed by atoms with Crippen molar-refractivity contribution in [3.8, 4) is 5.75 Å². The number of hydrogen-bond acceptors (Lipinski definition) is 3. The van der Waals surface area contributed by atoms with E-state index in [-0.39, 0.29) is 17.8 Å². The maximum absolute atomic E-state index is 9.58. The van der Waals surface area contributed by atoms with E-state index in [1.165, 1.54) is 12.8 Å². The second kappa shape index (κ2) is 5.12. The monoisotopic (exact) mass is 218 g/mol. The Hall–Kier alpha value is -1.35. The fraction of sp³-hybridized carbons (Fsp3) is 0.462. The Labute approximate surface area is 96.0 Å². The Morgan fingerprint density at radius 1 is 1.25 bits per heavy atom. The summed E-state index contributed by atoms with van der Waals surface area (Å²) in [6, 6.07) is 7.61. The number of nitrogens with zero attached hydrogens (tertiary/aromatic N) is 1. The van der Waals surface area contributed by atoms with E-state index in [2.05, 4.69) is 4.99 Å². The van der Waals surface area contributed by atoms with Crippen LogP contribution in [0.25, 0.3) is 0 Å². The van der Waals surface area contributed by atoms with Crippen LogP contribution in [0.5, 0.6) is 5.75 Å². The largest absolute Gasteiger partial charge is 0.507 e. The van der Waals surface area contributed by atoms with Gasteiger partial charge in [-0.1, -0.05) is 25.0 Å². The quantitative estimate of drug-likeness (QED) is 0.747. The highest BCUT2D eigenvalue weighted by molar-refractivity contribution is 5.83. The first-order valence-electron chi connectivity index (χ1n) is 5.84. The number of aliphatic imine (C=N–C) groups is 1. The fourth-order valence-corrected chi connectivity index (χ4v) is 2.10. The van der Waals surface area contributed by atoms with Crippen LogP contribution in [-0.4, -0.2) is 23.4 Å². The van der Waals surface area contributed by atoms with Crippen molar-refractivity contribution >= 4 is 6.21 Å². The van der Waals surface area contributed by atoms with E-state index in [1.54, 1.807) is 18.3 Å². The summed E-state index contributed by atoms with van der Waals surface area (Å²) in [5.41, 5.74) is 6.77. The van der Waals surface area contributed by atoms with Crippen LogP contribution in [0.2, 0.25) is 0 Å². The van der Waals surface area contributed by atoms with Gasteiger partial charge in [0, 0.05) is 17.8 Å². The van der Waals surface area contributed by atoms with Gasteiger partial charge in [-0.2, -0.15) is 0 Å². The second-order valence-corrected chi connectivity index (χ2v) is 4.35. The van der Waals surface area contributed by atoms with Gasteiger partial charge in [0.15, 0.2) is 0 Å². The van der Waals surface area contributed by atoms with Crippen molar-refractivity contribution in [2.75, 3.05) is 0 Å². The van der Waals surface area contributed by atoms with Gasteiger partial charge in [0.2, 0.25) is 0 Å². The predicted molar refractivity (Wildman–Crippen MR) is 65.9 cm³/mol. The summed E-state index contributed by atoms with van der Waals surface area (Å²) in [5.74, 6) is 0.274. The Balaban J connectivity index is 2.06. The summed E-state index contributed by atoms with van der Waals surface area (Å²) >= 11 is 0. The molecule has 2 unspecified atom stereocenters. The van der Waals surface area contributed by atoms with Crippen LogP contribution >= 0.6 is 0 Å². The van der Waals surface area contributed by atoms with Crippen molar-refractivity contribution in [3.63, 3.8) is 0 Å². The summed E-state index contributed by atoms with van der Waals surface area (Å²) in [7, 11) is 0. The van der Waals surface area contributed by atoms with E-state index >= 15 is 0 Å². The molecule has 0 aromatic heterocycles. The van der Waals surface area contributed by atoms with E-state index in [0.29, 0.717) is 0 Å². The van der Waals surface area contributed by atoms with Gasteiger partial charge in [-0.05, 0) is 25.0 Å². The van der Waals surface area contributed by atoms with Gasteiger partial charge >= 0.3 is 0 Å². The third-order valence-electron chi connectivity index (χ3n) is 3.12. The maximum Gasteiger partial charge on any atom is 0.124 e. The van der Waals surface area contributed by atoms with Crippen molar-refractivity contribution in [2.45, 2.75) is 37.8 Å². The number of benzene rings is 1. The number of aromatic hydroxyl groups is 1. The highest BCUT2D eigenvalue weighted by Gasteiger charge is 2.20. The number of rotatable bonds is 2. The van der Waals surface area contributed by atoms with E-state index in [4.69, 9.17) is 5.73 Å². The molecule has 2 rings (SSSR count). The zero-order chi connectivity index (χ0) is 11.4. The van der Waals surface area contributed by atoms with Crippen LogP contribution in [-0.2, 0) is 0 Å². The second-order valence-electron chi connectivity index (χ2n) is 4.35. The van der Waals surface area contributed by atoms with Crippen LogP contribution in [0.15, 0.2) is 29.3 Å². The summed E-state index contributed by atoms with van der Waals surface area (Å²) in [6.07, 6.45) is 6.28. The number of hydrogen-bond donors (Lipinski definition) is 2. The van der Waals surface area contributed by atoms with Crippen molar-refractivity contribution < 1.29 is 5.11 Å². The minimum Gasteiger partial charge on any atom is -0.507 e. The number of para-hydroxylation sites is 1. The molecule has 86 valence electrons. The van der Waals surface area contributed by atoms with Crippen LogP contribution in [0, 0.1) is 0 Å². The molecule has 0 amide bonds. The molecule has 1 fully saturated rings. The van der Waals surface area contributed by atoms with Gasteiger partial charge in [-0.15, -0.1) is 0 Å². The minimum absolute atomic E-state index is 0.177. The lowest BCUT2D eigenvalue weighted by molar-refractivity contribution is 0.387. The first kappa shape index (κ1) is 11.1. The zero-order valence-electron chi connectivity index (χ0n) is 9.34. The van der Waals surface area contributed by atoms with Crippen molar-refractivity contribution in [1.82, 2.24) is 0 Å². The summed E-state index contributed by atoms with van der Waals surface area (Å²) in [5, 5.41) is 9.58. The molecular weight excluding hydrogens is 200 g/mol. The normalized spacial score (nSPS) is 26.1. The standard InChI is InChI=1S/C13H18N2O/c14-11-6-2-3-7-12(11)15-9-10-5-1-4-8-13(10)16/h1,4-5,8-9,11-12,16H,2-3,6-7,14H2/b15-9+. The molecule has 1 aliphatic rings. The maximum atomic E-state index is 9.58. The minimum atomic E-state index is 0.177. The summed E-state index contributed by atoms with van der Waals surface area (Å²) < 4.78 is 0. The molecule has 0 aliphatic heterocycles.